The molecule has 0 amide bonds. The molecule has 1 aromatic carbocycles. The minimum absolute atomic E-state index is 0.295. The molecule has 18 heavy (non-hydrogen) atoms. The van der Waals surface area contributed by atoms with Crippen molar-refractivity contribution >= 4 is 23.2 Å². The van der Waals surface area contributed by atoms with Crippen LogP contribution in [0, 0.1) is 5.82 Å². The molecule has 1 heterocycles. The van der Waals surface area contributed by atoms with Gasteiger partial charge in [0.2, 0.25) is 0 Å². The van der Waals surface area contributed by atoms with Gasteiger partial charge in [-0.25, -0.2) is 14.4 Å². The average Bonchev–Trinajstić information content (AvgIpc) is 2.77. The number of hydrogen-bond donors (Lipinski definition) is 0. The van der Waals surface area contributed by atoms with E-state index in [2.05, 4.69) is 9.97 Å². The van der Waals surface area contributed by atoms with Crippen LogP contribution in [0.2, 0.25) is 10.2 Å². The maximum absolute atomic E-state index is 13.0. The van der Waals surface area contributed by atoms with Gasteiger partial charge in [-0.1, -0.05) is 23.2 Å². The molecule has 5 heteroatoms. The predicted octanol–water partition coefficient (Wildman–Crippen LogP) is 4.08. The molecule has 0 N–H and O–H groups in total. The fourth-order valence-corrected chi connectivity index (χ4v) is 2.71. The zero-order chi connectivity index (χ0) is 12.7. The van der Waals surface area contributed by atoms with E-state index in [-0.39, 0.29) is 5.82 Å². The number of hydrogen-bond acceptors (Lipinski definition) is 2. The minimum Gasteiger partial charge on any atom is -0.233 e. The van der Waals surface area contributed by atoms with Crippen LogP contribution in [0.1, 0.15) is 17.7 Å². The highest BCUT2D eigenvalue weighted by Gasteiger charge is 2.19. The van der Waals surface area contributed by atoms with Gasteiger partial charge in [-0.3, -0.25) is 0 Å². The van der Waals surface area contributed by atoms with Crippen LogP contribution in [-0.2, 0) is 12.8 Å². The van der Waals surface area contributed by atoms with E-state index in [1.807, 2.05) is 0 Å². The van der Waals surface area contributed by atoms with Gasteiger partial charge in [0.15, 0.2) is 5.82 Å². The van der Waals surface area contributed by atoms with Crippen molar-refractivity contribution in [1.29, 1.82) is 0 Å². The van der Waals surface area contributed by atoms with Crippen molar-refractivity contribution in [2.45, 2.75) is 19.3 Å². The van der Waals surface area contributed by atoms with Gasteiger partial charge in [0.25, 0.3) is 0 Å². The number of halogens is 3. The SMILES string of the molecule is Fc1ccc(-c2nc(Cl)c3c(n2)CCC3)c(Cl)c1. The summed E-state index contributed by atoms with van der Waals surface area (Å²) in [6, 6.07) is 4.16. The van der Waals surface area contributed by atoms with Crippen LogP contribution in [0.4, 0.5) is 4.39 Å². The van der Waals surface area contributed by atoms with Crippen molar-refractivity contribution in [3.05, 3.63) is 45.4 Å². The second kappa shape index (κ2) is 4.48. The molecular formula is C13H9Cl2FN2. The smallest absolute Gasteiger partial charge is 0.162 e. The summed E-state index contributed by atoms with van der Waals surface area (Å²) < 4.78 is 13.0. The first-order chi connectivity index (χ1) is 8.65. The molecule has 0 atom stereocenters. The Bertz CT molecular complexity index is 629. The molecular weight excluding hydrogens is 274 g/mol. The molecule has 92 valence electrons. The number of aromatic nitrogens is 2. The Morgan fingerprint density at radius 3 is 2.72 bits per heavy atom. The lowest BCUT2D eigenvalue weighted by Crippen LogP contribution is -1.98. The zero-order valence-corrected chi connectivity index (χ0v) is 10.9. The van der Waals surface area contributed by atoms with Gasteiger partial charge in [0, 0.05) is 16.8 Å². The molecule has 1 aliphatic carbocycles. The number of fused-ring (bicyclic) bond motifs is 1. The number of rotatable bonds is 1. The van der Waals surface area contributed by atoms with Crippen LogP contribution in [0.15, 0.2) is 18.2 Å². The second-order valence-electron chi connectivity index (χ2n) is 4.24. The lowest BCUT2D eigenvalue weighted by molar-refractivity contribution is 0.628. The summed E-state index contributed by atoms with van der Waals surface area (Å²) in [5, 5.41) is 0.775. The average molecular weight is 283 g/mol. The summed E-state index contributed by atoms with van der Waals surface area (Å²) in [6.45, 7) is 0. The molecule has 0 aliphatic heterocycles. The van der Waals surface area contributed by atoms with Crippen LogP contribution < -0.4 is 0 Å². The Hall–Kier alpha value is -1.19. The van der Waals surface area contributed by atoms with Crippen LogP contribution in [0.3, 0.4) is 0 Å². The maximum atomic E-state index is 13.0. The fraction of sp³-hybridized carbons (Fsp3) is 0.231. The van der Waals surface area contributed by atoms with Crippen molar-refractivity contribution in [3.63, 3.8) is 0 Å². The summed E-state index contributed by atoms with van der Waals surface area (Å²) in [5.74, 6) is 0.0849. The van der Waals surface area contributed by atoms with Crippen LogP contribution in [-0.4, -0.2) is 9.97 Å². The highest BCUT2D eigenvalue weighted by Crippen LogP contribution is 2.31. The Morgan fingerprint density at radius 2 is 1.94 bits per heavy atom. The molecule has 1 aliphatic rings. The Kier molecular flexibility index (Phi) is 2.96. The molecule has 3 rings (SSSR count). The molecule has 0 fully saturated rings. The third kappa shape index (κ3) is 1.98. The van der Waals surface area contributed by atoms with Crippen LogP contribution in [0.5, 0.6) is 0 Å². The highest BCUT2D eigenvalue weighted by molar-refractivity contribution is 6.33. The van der Waals surface area contributed by atoms with E-state index in [0.29, 0.717) is 21.6 Å². The van der Waals surface area contributed by atoms with Crippen molar-refractivity contribution < 1.29 is 4.39 Å². The van der Waals surface area contributed by atoms with Gasteiger partial charge in [-0.15, -0.1) is 0 Å². The third-order valence-corrected chi connectivity index (χ3v) is 3.68. The van der Waals surface area contributed by atoms with Gasteiger partial charge < -0.3 is 0 Å². The Morgan fingerprint density at radius 1 is 1.11 bits per heavy atom. The van der Waals surface area contributed by atoms with Crippen LogP contribution >= 0.6 is 23.2 Å². The Balaban J connectivity index is 2.15. The molecule has 0 saturated carbocycles. The topological polar surface area (TPSA) is 25.8 Å². The second-order valence-corrected chi connectivity index (χ2v) is 5.01. The summed E-state index contributed by atoms with van der Waals surface area (Å²) >= 11 is 12.1. The Labute approximate surface area is 114 Å². The minimum atomic E-state index is -0.379. The monoisotopic (exact) mass is 282 g/mol. The molecule has 2 aromatic rings. The van der Waals surface area contributed by atoms with Crippen molar-refractivity contribution in [2.24, 2.45) is 0 Å². The summed E-state index contributed by atoms with van der Waals surface area (Å²) in [6.07, 6.45) is 2.87. The van der Waals surface area contributed by atoms with E-state index in [4.69, 9.17) is 23.2 Å². The van der Waals surface area contributed by atoms with E-state index in [0.717, 1.165) is 30.5 Å². The number of benzene rings is 1. The van der Waals surface area contributed by atoms with E-state index in [1.54, 1.807) is 6.07 Å². The summed E-state index contributed by atoms with van der Waals surface area (Å²) in [5.41, 5.74) is 2.61. The molecule has 2 nitrogen and oxygen atoms in total. The molecule has 0 bridgehead atoms. The van der Waals surface area contributed by atoms with Crippen molar-refractivity contribution in [2.75, 3.05) is 0 Å². The maximum Gasteiger partial charge on any atom is 0.162 e. The largest absolute Gasteiger partial charge is 0.233 e. The van der Waals surface area contributed by atoms with E-state index < -0.39 is 0 Å². The molecule has 0 spiro atoms. The van der Waals surface area contributed by atoms with E-state index >= 15 is 0 Å². The van der Waals surface area contributed by atoms with Gasteiger partial charge >= 0.3 is 0 Å². The molecule has 1 aromatic heterocycles. The normalized spacial score (nSPS) is 13.7. The molecule has 0 unspecified atom stereocenters. The molecule has 0 radical (unpaired) electrons. The third-order valence-electron chi connectivity index (χ3n) is 3.05. The lowest BCUT2D eigenvalue weighted by atomic mass is 10.2. The predicted molar refractivity (Wildman–Crippen MR) is 69.5 cm³/mol. The van der Waals surface area contributed by atoms with Gasteiger partial charge in [0.05, 0.1) is 5.02 Å². The van der Waals surface area contributed by atoms with E-state index in [9.17, 15) is 4.39 Å². The first-order valence-electron chi connectivity index (χ1n) is 5.66. The van der Waals surface area contributed by atoms with Crippen molar-refractivity contribution in [3.8, 4) is 11.4 Å². The number of aryl methyl sites for hydroxylation is 1. The lowest BCUT2D eigenvalue weighted by Gasteiger charge is -2.07. The van der Waals surface area contributed by atoms with Crippen LogP contribution in [0.25, 0.3) is 11.4 Å². The van der Waals surface area contributed by atoms with Gasteiger partial charge in [-0.05, 0) is 37.5 Å². The van der Waals surface area contributed by atoms with Crippen molar-refractivity contribution in [1.82, 2.24) is 9.97 Å². The fourth-order valence-electron chi connectivity index (χ4n) is 2.18. The summed E-state index contributed by atoms with van der Waals surface area (Å²) in [7, 11) is 0. The van der Waals surface area contributed by atoms with Gasteiger partial charge in [0.1, 0.15) is 11.0 Å². The highest BCUT2D eigenvalue weighted by atomic mass is 35.5. The standard InChI is InChI=1S/C13H9Cl2FN2/c14-10-6-7(16)4-5-8(10)13-17-11-3-1-2-9(11)12(15)18-13/h4-6H,1-3H2. The number of nitrogens with zero attached hydrogens (tertiary/aromatic N) is 2. The quantitative estimate of drug-likeness (QED) is 0.737. The zero-order valence-electron chi connectivity index (χ0n) is 9.38. The first-order valence-corrected chi connectivity index (χ1v) is 6.41. The van der Waals surface area contributed by atoms with Gasteiger partial charge in [-0.2, -0.15) is 0 Å². The first kappa shape index (κ1) is 11.9. The van der Waals surface area contributed by atoms with E-state index in [1.165, 1.54) is 12.1 Å². The molecule has 0 saturated heterocycles. The summed E-state index contributed by atoms with van der Waals surface area (Å²) in [4.78, 5) is 8.73.